The van der Waals surface area contributed by atoms with Gasteiger partial charge in [-0.15, -0.1) is 0 Å². The van der Waals surface area contributed by atoms with Gasteiger partial charge in [-0.3, -0.25) is 19.2 Å². The maximum absolute atomic E-state index is 13.6. The highest BCUT2D eigenvalue weighted by molar-refractivity contribution is 5.99. The molecule has 3 heterocycles. The number of amides is 4. The Morgan fingerprint density at radius 3 is 2.45 bits per heavy atom. The Labute approximate surface area is 285 Å². The number of pyridine rings is 1. The standard InChI is InChI=1S/C36H43N5O8/c1-4-48-36(47)40-18-16-39(17-19-40)35(46)28(13-14-33(43)44)38-34(45)29-21-31(25-8-5-6-9-27(25)37-29)49-22-32(42)41-15-7-10-30(41)26-20-23(2)11-12-24(26)3/h5-6,8-9,11-12,20-21,28,30H,4,7,10,13-19,22H2,1-3H3,(H,38,45)(H,43,44)/t28?,30-/m0/s1. The van der Waals surface area contributed by atoms with E-state index in [0.29, 0.717) is 17.4 Å². The lowest BCUT2D eigenvalue weighted by Gasteiger charge is -2.35. The Hall–Kier alpha value is -5.20. The summed E-state index contributed by atoms with van der Waals surface area (Å²) in [6.07, 6.45) is 0.798. The molecule has 2 aliphatic heterocycles. The van der Waals surface area contributed by atoms with Gasteiger partial charge in [0, 0.05) is 50.6 Å². The number of likely N-dealkylation sites (tertiary alicyclic amines) is 1. The molecule has 4 amide bonds. The largest absolute Gasteiger partial charge is 0.483 e. The number of nitrogens with one attached hydrogen (secondary N) is 1. The number of carbonyl (C=O) groups is 5. The number of aliphatic carboxylic acids is 1. The van der Waals surface area contributed by atoms with Crippen LogP contribution in [-0.2, 0) is 19.1 Å². The van der Waals surface area contributed by atoms with Gasteiger partial charge < -0.3 is 34.6 Å². The van der Waals surface area contributed by atoms with Gasteiger partial charge in [-0.05, 0) is 63.3 Å². The Balaban J connectivity index is 1.31. The zero-order valence-electron chi connectivity index (χ0n) is 28.1. The van der Waals surface area contributed by atoms with Crippen LogP contribution in [0.2, 0.25) is 0 Å². The average Bonchev–Trinajstić information content (AvgIpc) is 3.59. The van der Waals surface area contributed by atoms with Crippen molar-refractivity contribution in [2.75, 3.05) is 45.9 Å². The molecule has 2 saturated heterocycles. The van der Waals surface area contributed by atoms with E-state index >= 15 is 0 Å². The number of fused-ring (bicyclic) bond motifs is 1. The first-order valence-electron chi connectivity index (χ1n) is 16.7. The van der Waals surface area contributed by atoms with Crippen LogP contribution in [0.5, 0.6) is 5.75 Å². The van der Waals surface area contributed by atoms with Gasteiger partial charge >= 0.3 is 12.1 Å². The van der Waals surface area contributed by atoms with E-state index in [1.807, 2.05) is 18.7 Å². The molecule has 0 saturated carbocycles. The van der Waals surface area contributed by atoms with Crippen molar-refractivity contribution in [3.63, 3.8) is 0 Å². The van der Waals surface area contributed by atoms with Gasteiger partial charge in [0.05, 0.1) is 18.2 Å². The second kappa shape index (κ2) is 15.8. The fourth-order valence-corrected chi connectivity index (χ4v) is 6.41. The number of aryl methyl sites for hydroxylation is 2. The van der Waals surface area contributed by atoms with Crippen LogP contribution in [0.3, 0.4) is 0 Å². The van der Waals surface area contributed by atoms with E-state index in [0.717, 1.165) is 29.5 Å². The van der Waals surface area contributed by atoms with Crippen LogP contribution in [0, 0.1) is 13.8 Å². The maximum atomic E-state index is 13.6. The normalized spacial score (nSPS) is 16.7. The van der Waals surface area contributed by atoms with Gasteiger partial charge in [0.25, 0.3) is 11.8 Å². The average molecular weight is 674 g/mol. The van der Waals surface area contributed by atoms with E-state index < -0.39 is 29.9 Å². The van der Waals surface area contributed by atoms with Crippen LogP contribution in [0.15, 0.2) is 48.5 Å². The van der Waals surface area contributed by atoms with Crippen molar-refractivity contribution in [1.29, 1.82) is 0 Å². The molecule has 0 spiro atoms. The third-order valence-corrected chi connectivity index (χ3v) is 9.00. The van der Waals surface area contributed by atoms with Crippen molar-refractivity contribution in [3.8, 4) is 5.75 Å². The summed E-state index contributed by atoms with van der Waals surface area (Å²) < 4.78 is 11.1. The van der Waals surface area contributed by atoms with E-state index in [1.165, 1.54) is 15.9 Å². The van der Waals surface area contributed by atoms with Gasteiger partial charge in [0.2, 0.25) is 5.91 Å². The van der Waals surface area contributed by atoms with E-state index in [1.54, 1.807) is 31.2 Å². The number of nitrogens with zero attached hydrogens (tertiary/aromatic N) is 4. The molecule has 0 aliphatic carbocycles. The van der Waals surface area contributed by atoms with E-state index in [4.69, 9.17) is 9.47 Å². The van der Waals surface area contributed by atoms with Crippen LogP contribution in [-0.4, -0.2) is 107 Å². The zero-order valence-corrected chi connectivity index (χ0v) is 28.1. The maximum Gasteiger partial charge on any atom is 0.409 e. The summed E-state index contributed by atoms with van der Waals surface area (Å²) in [6.45, 7) is 7.32. The molecule has 2 fully saturated rings. The number of aromatic nitrogens is 1. The molecule has 0 radical (unpaired) electrons. The van der Waals surface area contributed by atoms with Crippen LogP contribution in [0.4, 0.5) is 4.79 Å². The zero-order chi connectivity index (χ0) is 35.1. The smallest absolute Gasteiger partial charge is 0.409 e. The highest BCUT2D eigenvalue weighted by atomic mass is 16.6. The molecular weight excluding hydrogens is 630 g/mol. The van der Waals surface area contributed by atoms with Gasteiger partial charge in [0.1, 0.15) is 17.5 Å². The molecule has 1 aromatic heterocycles. The van der Waals surface area contributed by atoms with Crippen molar-refractivity contribution in [1.82, 2.24) is 25.0 Å². The van der Waals surface area contributed by atoms with Gasteiger partial charge in [0.15, 0.2) is 6.61 Å². The number of para-hydroxylation sites is 1. The van der Waals surface area contributed by atoms with Crippen molar-refractivity contribution in [3.05, 3.63) is 70.9 Å². The van der Waals surface area contributed by atoms with E-state index in [-0.39, 0.29) is 75.6 Å². The van der Waals surface area contributed by atoms with Crippen LogP contribution >= 0.6 is 0 Å². The molecule has 49 heavy (non-hydrogen) atoms. The second-order valence-electron chi connectivity index (χ2n) is 12.4. The molecule has 2 aromatic carbocycles. The summed E-state index contributed by atoms with van der Waals surface area (Å²) in [5, 5.41) is 12.6. The highest BCUT2D eigenvalue weighted by Crippen LogP contribution is 2.34. The predicted molar refractivity (Wildman–Crippen MR) is 180 cm³/mol. The lowest BCUT2D eigenvalue weighted by atomic mass is 9.97. The number of carboxylic acid groups (broad SMARTS) is 1. The molecule has 0 bridgehead atoms. The van der Waals surface area contributed by atoms with E-state index in [2.05, 4.69) is 28.5 Å². The van der Waals surface area contributed by atoms with Crippen molar-refractivity contribution < 1.29 is 38.6 Å². The minimum Gasteiger partial charge on any atom is -0.483 e. The topological polar surface area (TPSA) is 159 Å². The van der Waals surface area contributed by atoms with E-state index in [9.17, 15) is 29.1 Å². The van der Waals surface area contributed by atoms with Crippen LogP contribution in [0.1, 0.15) is 65.8 Å². The third-order valence-electron chi connectivity index (χ3n) is 9.00. The highest BCUT2D eigenvalue weighted by Gasteiger charge is 2.33. The molecule has 2 aliphatic rings. The quantitative estimate of drug-likeness (QED) is 0.308. The number of hydrogen-bond donors (Lipinski definition) is 2. The minimum absolute atomic E-state index is 0.0417. The summed E-state index contributed by atoms with van der Waals surface area (Å²) >= 11 is 0. The van der Waals surface area contributed by atoms with Crippen molar-refractivity contribution >= 4 is 40.7 Å². The SMILES string of the molecule is CCOC(=O)N1CCN(C(=O)C(CCC(=O)O)NC(=O)c2cc(OCC(=O)N3CCC[C@H]3c3cc(C)ccc3C)c3ccccc3n2)CC1. The molecule has 13 heteroatoms. The number of carbonyl (C=O) groups excluding carboxylic acids is 4. The fraction of sp³-hybridized carbons (Fsp3) is 0.444. The summed E-state index contributed by atoms with van der Waals surface area (Å²) in [6, 6.07) is 13.6. The first kappa shape index (κ1) is 35.1. The molecule has 3 aromatic rings. The number of rotatable bonds is 11. The minimum atomic E-state index is -1.14. The summed E-state index contributed by atoms with van der Waals surface area (Å²) in [5.41, 5.74) is 3.80. The summed E-state index contributed by atoms with van der Waals surface area (Å²) in [4.78, 5) is 73.5. The van der Waals surface area contributed by atoms with Crippen LogP contribution < -0.4 is 10.1 Å². The summed E-state index contributed by atoms with van der Waals surface area (Å²) in [5.74, 6) is -2.13. The van der Waals surface area contributed by atoms with Crippen LogP contribution in [0.25, 0.3) is 10.9 Å². The van der Waals surface area contributed by atoms with Gasteiger partial charge in [-0.2, -0.15) is 0 Å². The Morgan fingerprint density at radius 1 is 0.980 bits per heavy atom. The first-order chi connectivity index (χ1) is 23.5. The number of carboxylic acids is 1. The molecule has 1 unspecified atom stereocenters. The number of benzene rings is 2. The Bertz CT molecular complexity index is 1720. The Morgan fingerprint density at radius 2 is 1.71 bits per heavy atom. The van der Waals surface area contributed by atoms with Crippen molar-refractivity contribution in [2.45, 2.75) is 58.5 Å². The molecule has 2 N–H and O–H groups in total. The predicted octanol–water partition coefficient (Wildman–Crippen LogP) is 3.86. The number of piperazine rings is 1. The first-order valence-corrected chi connectivity index (χ1v) is 16.7. The molecular formula is C36H43N5O8. The molecule has 260 valence electrons. The summed E-state index contributed by atoms with van der Waals surface area (Å²) in [7, 11) is 0. The monoisotopic (exact) mass is 673 g/mol. The van der Waals surface area contributed by atoms with Gasteiger partial charge in [-0.25, -0.2) is 9.78 Å². The van der Waals surface area contributed by atoms with Gasteiger partial charge in [-0.1, -0.05) is 35.9 Å². The Kier molecular flexibility index (Phi) is 11.3. The second-order valence-corrected chi connectivity index (χ2v) is 12.4. The lowest BCUT2D eigenvalue weighted by Crippen LogP contribution is -2.56. The molecule has 2 atom stereocenters. The number of ether oxygens (including phenoxy) is 2. The fourth-order valence-electron chi connectivity index (χ4n) is 6.41. The lowest BCUT2D eigenvalue weighted by molar-refractivity contribution is -0.138. The van der Waals surface area contributed by atoms with Crippen molar-refractivity contribution in [2.24, 2.45) is 0 Å². The molecule has 13 nitrogen and oxygen atoms in total. The third kappa shape index (κ3) is 8.45. The number of hydrogen-bond acceptors (Lipinski definition) is 8. The molecule has 5 rings (SSSR count).